The third kappa shape index (κ3) is 2.40. The van der Waals surface area contributed by atoms with Gasteiger partial charge in [0.2, 0.25) is 0 Å². The molecule has 0 aromatic carbocycles. The molecule has 2 rings (SSSR count). The second kappa shape index (κ2) is 4.50. The van der Waals surface area contributed by atoms with Gasteiger partial charge in [-0.2, -0.15) is 10.1 Å². The molecule has 0 spiro atoms. The van der Waals surface area contributed by atoms with Crippen molar-refractivity contribution < 1.29 is 4.79 Å². The third-order valence-electron chi connectivity index (χ3n) is 1.72. The van der Waals surface area contributed by atoms with Gasteiger partial charge in [0.05, 0.1) is 17.7 Å². The zero-order valence-electron chi connectivity index (χ0n) is 7.66. The van der Waals surface area contributed by atoms with Gasteiger partial charge in [0.1, 0.15) is 0 Å². The van der Waals surface area contributed by atoms with Gasteiger partial charge < -0.3 is 0 Å². The molecule has 0 atom stereocenters. The lowest BCUT2D eigenvalue weighted by atomic mass is 10.4. The van der Waals surface area contributed by atoms with E-state index in [1.165, 1.54) is 23.0 Å². The molecular formula is C9H7N3OS2. The predicted molar refractivity (Wildman–Crippen MR) is 63.7 cm³/mol. The minimum absolute atomic E-state index is 0.0859. The fourth-order valence-corrected chi connectivity index (χ4v) is 1.99. The number of thioether (sulfide) groups is 1. The highest BCUT2D eigenvalue weighted by molar-refractivity contribution is 8.23. The van der Waals surface area contributed by atoms with Crippen molar-refractivity contribution in [1.82, 2.24) is 9.99 Å². The van der Waals surface area contributed by atoms with E-state index in [0.717, 1.165) is 0 Å². The molecular weight excluding hydrogens is 230 g/mol. The van der Waals surface area contributed by atoms with E-state index in [4.69, 9.17) is 12.2 Å². The van der Waals surface area contributed by atoms with E-state index in [1.54, 1.807) is 12.3 Å². The summed E-state index contributed by atoms with van der Waals surface area (Å²) in [6, 6.07) is 5.48. The van der Waals surface area contributed by atoms with E-state index >= 15 is 0 Å². The number of hydrogen-bond acceptors (Lipinski definition) is 5. The van der Waals surface area contributed by atoms with Crippen LogP contribution in [0.3, 0.4) is 0 Å². The Kier molecular flexibility index (Phi) is 3.08. The van der Waals surface area contributed by atoms with Crippen molar-refractivity contribution in [2.45, 2.75) is 0 Å². The van der Waals surface area contributed by atoms with Crippen molar-refractivity contribution in [3.05, 3.63) is 30.1 Å². The summed E-state index contributed by atoms with van der Waals surface area (Å²) in [5.74, 6) is 0.287. The molecule has 1 aliphatic rings. The Balaban J connectivity index is 2.12. The van der Waals surface area contributed by atoms with E-state index in [-0.39, 0.29) is 5.91 Å². The molecule has 1 fully saturated rings. The fraction of sp³-hybridized carbons (Fsp3) is 0.111. The topological polar surface area (TPSA) is 45.6 Å². The highest BCUT2D eigenvalue weighted by atomic mass is 32.2. The molecule has 1 aromatic rings. The molecule has 1 amide bonds. The molecule has 6 heteroatoms. The van der Waals surface area contributed by atoms with Crippen LogP contribution in [0.4, 0.5) is 0 Å². The van der Waals surface area contributed by atoms with Crippen molar-refractivity contribution in [3.8, 4) is 0 Å². The number of nitrogens with zero attached hydrogens (tertiary/aromatic N) is 3. The Morgan fingerprint density at radius 2 is 2.47 bits per heavy atom. The highest BCUT2D eigenvalue weighted by Crippen LogP contribution is 2.19. The van der Waals surface area contributed by atoms with Crippen molar-refractivity contribution in [2.75, 3.05) is 5.75 Å². The van der Waals surface area contributed by atoms with Crippen LogP contribution in [-0.4, -0.2) is 32.2 Å². The molecule has 0 N–H and O–H groups in total. The lowest BCUT2D eigenvalue weighted by Crippen LogP contribution is -2.22. The average Bonchev–Trinajstić information content (AvgIpc) is 2.58. The van der Waals surface area contributed by atoms with Gasteiger partial charge in [0.25, 0.3) is 5.91 Å². The van der Waals surface area contributed by atoms with Crippen LogP contribution in [0, 0.1) is 0 Å². The summed E-state index contributed by atoms with van der Waals surface area (Å²) in [6.07, 6.45) is 3.19. The van der Waals surface area contributed by atoms with E-state index < -0.39 is 0 Å². The molecule has 0 unspecified atom stereocenters. The molecule has 76 valence electrons. The van der Waals surface area contributed by atoms with Crippen LogP contribution in [0.2, 0.25) is 0 Å². The average molecular weight is 237 g/mol. The van der Waals surface area contributed by atoms with Gasteiger partial charge >= 0.3 is 0 Å². The molecule has 1 aliphatic heterocycles. The molecule has 15 heavy (non-hydrogen) atoms. The summed E-state index contributed by atoms with van der Waals surface area (Å²) in [5, 5.41) is 5.22. The maximum Gasteiger partial charge on any atom is 0.259 e. The van der Waals surface area contributed by atoms with Crippen molar-refractivity contribution >= 4 is 40.4 Å². The largest absolute Gasteiger partial charge is 0.272 e. The minimum Gasteiger partial charge on any atom is -0.272 e. The monoisotopic (exact) mass is 237 g/mol. The lowest BCUT2D eigenvalue weighted by Gasteiger charge is -2.05. The predicted octanol–water partition coefficient (Wildman–Crippen LogP) is 1.28. The fourth-order valence-electron chi connectivity index (χ4n) is 1.03. The molecule has 4 nitrogen and oxygen atoms in total. The summed E-state index contributed by atoms with van der Waals surface area (Å²) in [7, 11) is 0. The third-order valence-corrected chi connectivity index (χ3v) is 3.06. The molecule has 0 radical (unpaired) electrons. The first kappa shape index (κ1) is 10.3. The number of aromatic nitrogens is 1. The normalized spacial score (nSPS) is 16.7. The van der Waals surface area contributed by atoms with Gasteiger partial charge in [-0.15, -0.1) is 0 Å². The van der Waals surface area contributed by atoms with Crippen LogP contribution >= 0.6 is 24.0 Å². The van der Waals surface area contributed by atoms with Crippen molar-refractivity contribution in [3.63, 3.8) is 0 Å². The summed E-state index contributed by atoms with van der Waals surface area (Å²) in [6.45, 7) is 0. The standard InChI is InChI=1S/C9H7N3OS2/c13-8-6-15-9(14)12(8)11-5-7-3-1-2-4-10-7/h1-5H,6H2/b11-5+. The number of hydrazone groups is 1. The molecule has 1 saturated heterocycles. The van der Waals surface area contributed by atoms with Crippen molar-refractivity contribution in [1.29, 1.82) is 0 Å². The molecule has 2 heterocycles. The Bertz CT molecular complexity index is 403. The zero-order chi connectivity index (χ0) is 10.7. The zero-order valence-corrected chi connectivity index (χ0v) is 9.29. The Morgan fingerprint density at radius 1 is 1.60 bits per heavy atom. The summed E-state index contributed by atoms with van der Waals surface area (Å²) in [5.41, 5.74) is 0.699. The number of hydrogen-bond donors (Lipinski definition) is 0. The van der Waals surface area contributed by atoms with Gasteiger partial charge in [-0.25, -0.2) is 0 Å². The highest BCUT2D eigenvalue weighted by Gasteiger charge is 2.25. The smallest absolute Gasteiger partial charge is 0.259 e. The maximum absolute atomic E-state index is 11.3. The molecule has 0 bridgehead atoms. The second-order valence-corrected chi connectivity index (χ2v) is 4.37. The van der Waals surface area contributed by atoms with Gasteiger partial charge in [-0.1, -0.05) is 30.0 Å². The van der Waals surface area contributed by atoms with Crippen LogP contribution in [0.1, 0.15) is 5.69 Å². The first-order chi connectivity index (χ1) is 7.27. The van der Waals surface area contributed by atoms with Gasteiger partial charge in [0.15, 0.2) is 4.32 Å². The summed E-state index contributed by atoms with van der Waals surface area (Å²) < 4.78 is 0.493. The minimum atomic E-state index is -0.0859. The van der Waals surface area contributed by atoms with Gasteiger partial charge in [-0.05, 0) is 12.1 Å². The number of carbonyl (C=O) groups excluding carboxylic acids is 1. The summed E-state index contributed by atoms with van der Waals surface area (Å²) in [4.78, 5) is 15.3. The Morgan fingerprint density at radius 3 is 3.07 bits per heavy atom. The maximum atomic E-state index is 11.3. The van der Waals surface area contributed by atoms with Crippen LogP contribution in [0.5, 0.6) is 0 Å². The van der Waals surface area contributed by atoms with Crippen LogP contribution in [-0.2, 0) is 4.79 Å². The van der Waals surface area contributed by atoms with Crippen molar-refractivity contribution in [2.24, 2.45) is 5.10 Å². The number of rotatable bonds is 2. The van der Waals surface area contributed by atoms with Gasteiger partial charge in [0, 0.05) is 6.20 Å². The van der Waals surface area contributed by atoms with Crippen LogP contribution in [0.25, 0.3) is 0 Å². The molecule has 0 saturated carbocycles. The van der Waals surface area contributed by atoms with E-state index in [1.807, 2.05) is 12.1 Å². The Labute approximate surface area is 96.4 Å². The second-order valence-electron chi connectivity index (χ2n) is 2.76. The van der Waals surface area contributed by atoms with Crippen LogP contribution < -0.4 is 0 Å². The molecule has 0 aliphatic carbocycles. The first-order valence-corrected chi connectivity index (χ1v) is 5.61. The molecule has 1 aromatic heterocycles. The van der Waals surface area contributed by atoms with E-state index in [0.29, 0.717) is 15.8 Å². The van der Waals surface area contributed by atoms with Crippen LogP contribution in [0.15, 0.2) is 29.5 Å². The van der Waals surface area contributed by atoms with Gasteiger partial charge in [-0.3, -0.25) is 9.78 Å². The van der Waals surface area contributed by atoms with E-state index in [9.17, 15) is 4.79 Å². The summed E-state index contributed by atoms with van der Waals surface area (Å²) >= 11 is 6.29. The first-order valence-electron chi connectivity index (χ1n) is 4.22. The SMILES string of the molecule is O=C1CSC(=S)N1/N=C/c1ccccn1. The quantitative estimate of drug-likeness (QED) is 0.574. The number of carbonyl (C=O) groups is 1. The Hall–Kier alpha value is -1.27. The lowest BCUT2D eigenvalue weighted by molar-refractivity contribution is -0.123. The number of pyridine rings is 1. The van der Waals surface area contributed by atoms with E-state index in [2.05, 4.69) is 10.1 Å². The number of thiocarbonyl (C=S) groups is 1. The number of amides is 1.